The number of aromatic nitrogens is 2. The van der Waals surface area contributed by atoms with E-state index in [2.05, 4.69) is 4.98 Å². The van der Waals surface area contributed by atoms with E-state index in [4.69, 9.17) is 5.73 Å². The summed E-state index contributed by atoms with van der Waals surface area (Å²) in [5, 5.41) is 0. The van der Waals surface area contributed by atoms with Crippen molar-refractivity contribution in [2.75, 3.05) is 23.7 Å². The number of halogens is 3. The highest BCUT2D eigenvalue weighted by Crippen LogP contribution is 2.53. The Kier molecular flexibility index (Phi) is 4.83. The lowest BCUT2D eigenvalue weighted by molar-refractivity contribution is -0.174. The minimum atomic E-state index is -4.10. The van der Waals surface area contributed by atoms with Crippen molar-refractivity contribution in [2.45, 2.75) is 38.3 Å². The van der Waals surface area contributed by atoms with Crippen LogP contribution in [0.15, 0.2) is 35.1 Å². The standard InChI is InChI=1S/C21H25F3N4O/c1-27-18(29)16(14-5-3-2-4-6-14)17(25)26-19(27)28-11-9-20(10-12-28)8-7-15(13-20)21(22,23)24/h2-6,15H,7-13,25H2,1H3/t15-/m0/s1. The highest BCUT2D eigenvalue weighted by Gasteiger charge is 2.51. The van der Waals surface area contributed by atoms with Gasteiger partial charge in [-0.2, -0.15) is 18.2 Å². The van der Waals surface area contributed by atoms with E-state index >= 15 is 0 Å². The van der Waals surface area contributed by atoms with E-state index < -0.39 is 12.1 Å². The minimum absolute atomic E-state index is 0.174. The molecule has 1 aliphatic carbocycles. The van der Waals surface area contributed by atoms with Crippen LogP contribution >= 0.6 is 0 Å². The maximum absolute atomic E-state index is 13.1. The van der Waals surface area contributed by atoms with Gasteiger partial charge in [-0.25, -0.2) is 0 Å². The molecule has 1 saturated heterocycles. The van der Waals surface area contributed by atoms with Crippen LogP contribution < -0.4 is 16.2 Å². The van der Waals surface area contributed by atoms with Gasteiger partial charge >= 0.3 is 6.18 Å². The molecule has 2 aliphatic rings. The van der Waals surface area contributed by atoms with Gasteiger partial charge in [-0.05, 0) is 43.1 Å². The Morgan fingerprint density at radius 2 is 1.79 bits per heavy atom. The van der Waals surface area contributed by atoms with E-state index in [0.29, 0.717) is 49.4 Å². The van der Waals surface area contributed by atoms with Gasteiger partial charge in [0.1, 0.15) is 5.82 Å². The molecule has 0 amide bonds. The van der Waals surface area contributed by atoms with Crippen LogP contribution in [0.3, 0.4) is 0 Å². The summed E-state index contributed by atoms with van der Waals surface area (Å²) in [7, 11) is 1.66. The predicted octanol–water partition coefficient (Wildman–Crippen LogP) is 3.98. The highest BCUT2D eigenvalue weighted by atomic mass is 19.4. The van der Waals surface area contributed by atoms with Gasteiger partial charge in [0, 0.05) is 20.1 Å². The first kappa shape index (κ1) is 19.8. The SMILES string of the molecule is Cn1c(N2CCC3(CC[C@H](C(F)(F)F)C3)CC2)nc(N)c(-c2ccccc2)c1=O. The van der Waals surface area contributed by atoms with Crippen LogP contribution in [0.25, 0.3) is 11.1 Å². The van der Waals surface area contributed by atoms with Crippen molar-refractivity contribution in [1.82, 2.24) is 9.55 Å². The van der Waals surface area contributed by atoms with Crippen molar-refractivity contribution < 1.29 is 13.2 Å². The molecule has 156 valence electrons. The smallest absolute Gasteiger partial charge is 0.383 e. The maximum atomic E-state index is 13.1. The van der Waals surface area contributed by atoms with Gasteiger partial charge in [0.05, 0.1) is 11.5 Å². The third-order valence-corrected chi connectivity index (χ3v) is 6.63. The molecular weight excluding hydrogens is 381 g/mol. The van der Waals surface area contributed by atoms with Crippen molar-refractivity contribution in [1.29, 1.82) is 0 Å². The Hall–Kier alpha value is -2.51. The summed E-state index contributed by atoms with van der Waals surface area (Å²) in [6, 6.07) is 9.17. The molecular formula is C21H25F3N4O. The number of hydrogen-bond donors (Lipinski definition) is 1. The van der Waals surface area contributed by atoms with Crippen LogP contribution in [-0.4, -0.2) is 28.8 Å². The molecule has 29 heavy (non-hydrogen) atoms. The predicted molar refractivity (Wildman–Crippen MR) is 107 cm³/mol. The average Bonchev–Trinajstić information content (AvgIpc) is 3.11. The molecule has 1 aromatic carbocycles. The number of hydrogen-bond acceptors (Lipinski definition) is 4. The summed E-state index contributed by atoms with van der Waals surface area (Å²) in [4.78, 5) is 19.4. The van der Waals surface area contributed by atoms with Crippen LogP contribution in [0.2, 0.25) is 0 Å². The number of rotatable bonds is 2. The summed E-state index contributed by atoms with van der Waals surface area (Å²) in [5.41, 5.74) is 6.75. The molecule has 5 nitrogen and oxygen atoms in total. The van der Waals surface area contributed by atoms with Crippen molar-refractivity contribution >= 4 is 11.8 Å². The Morgan fingerprint density at radius 1 is 1.14 bits per heavy atom. The van der Waals surface area contributed by atoms with Crippen molar-refractivity contribution in [2.24, 2.45) is 18.4 Å². The molecule has 4 rings (SSSR count). The number of piperidine rings is 1. The molecule has 0 radical (unpaired) electrons. The number of nitrogen functional groups attached to an aromatic ring is 1. The number of nitrogens with zero attached hydrogens (tertiary/aromatic N) is 3. The van der Waals surface area contributed by atoms with Crippen molar-refractivity contribution in [3.05, 3.63) is 40.7 Å². The fourth-order valence-electron chi connectivity index (χ4n) is 4.89. The fourth-order valence-corrected chi connectivity index (χ4v) is 4.89. The first-order valence-electron chi connectivity index (χ1n) is 9.94. The summed E-state index contributed by atoms with van der Waals surface area (Å²) >= 11 is 0. The third-order valence-electron chi connectivity index (χ3n) is 6.63. The maximum Gasteiger partial charge on any atom is 0.391 e. The molecule has 1 atom stereocenters. The van der Waals surface area contributed by atoms with Crippen LogP contribution in [-0.2, 0) is 7.05 Å². The van der Waals surface area contributed by atoms with Crippen LogP contribution in [0, 0.1) is 11.3 Å². The van der Waals surface area contributed by atoms with Gasteiger partial charge in [-0.3, -0.25) is 9.36 Å². The lowest BCUT2D eigenvalue weighted by Crippen LogP contribution is -2.42. The van der Waals surface area contributed by atoms with E-state index in [1.54, 1.807) is 7.05 Å². The first-order chi connectivity index (χ1) is 13.7. The molecule has 1 aliphatic heterocycles. The molecule has 2 aromatic rings. The second kappa shape index (κ2) is 7.07. The normalized spacial score (nSPS) is 21.7. The zero-order valence-corrected chi connectivity index (χ0v) is 16.4. The van der Waals surface area contributed by atoms with Crippen LogP contribution in [0.5, 0.6) is 0 Å². The lowest BCUT2D eigenvalue weighted by atomic mass is 9.76. The number of nitrogens with two attached hydrogens (primary N) is 1. The van der Waals surface area contributed by atoms with Gasteiger partial charge < -0.3 is 10.6 Å². The number of alkyl halides is 3. The molecule has 0 unspecified atom stereocenters. The van der Waals surface area contributed by atoms with Gasteiger partial charge in [-0.15, -0.1) is 0 Å². The summed E-state index contributed by atoms with van der Waals surface area (Å²) in [6.07, 6.45) is -1.70. The van der Waals surface area contributed by atoms with Gasteiger partial charge in [-0.1, -0.05) is 30.3 Å². The second-order valence-corrected chi connectivity index (χ2v) is 8.37. The molecule has 2 N–H and O–H groups in total. The van der Waals surface area contributed by atoms with E-state index in [1.807, 2.05) is 35.2 Å². The molecule has 8 heteroatoms. The number of anilines is 2. The summed E-state index contributed by atoms with van der Waals surface area (Å²) in [6.45, 7) is 1.16. The molecule has 1 aromatic heterocycles. The van der Waals surface area contributed by atoms with E-state index in [1.165, 1.54) is 4.57 Å². The summed E-state index contributed by atoms with van der Waals surface area (Å²) in [5.74, 6) is -0.530. The molecule has 1 spiro atoms. The van der Waals surface area contributed by atoms with E-state index in [-0.39, 0.29) is 29.6 Å². The van der Waals surface area contributed by atoms with Gasteiger partial charge in [0.2, 0.25) is 5.95 Å². The quantitative estimate of drug-likeness (QED) is 0.820. The monoisotopic (exact) mass is 406 g/mol. The molecule has 2 fully saturated rings. The Balaban J connectivity index is 1.55. The average molecular weight is 406 g/mol. The Bertz CT molecular complexity index is 947. The van der Waals surface area contributed by atoms with E-state index in [9.17, 15) is 18.0 Å². The van der Waals surface area contributed by atoms with Crippen molar-refractivity contribution in [3.63, 3.8) is 0 Å². The Labute approximate surface area is 167 Å². The lowest BCUT2D eigenvalue weighted by Gasteiger charge is -2.40. The fraction of sp³-hybridized carbons (Fsp3) is 0.524. The van der Waals surface area contributed by atoms with Gasteiger partial charge in [0.25, 0.3) is 5.56 Å². The topological polar surface area (TPSA) is 64.2 Å². The molecule has 0 bridgehead atoms. The zero-order valence-electron chi connectivity index (χ0n) is 16.4. The minimum Gasteiger partial charge on any atom is -0.383 e. The second-order valence-electron chi connectivity index (χ2n) is 8.37. The Morgan fingerprint density at radius 3 is 2.38 bits per heavy atom. The highest BCUT2D eigenvalue weighted by molar-refractivity contribution is 5.73. The van der Waals surface area contributed by atoms with Crippen LogP contribution in [0.1, 0.15) is 32.1 Å². The molecule has 2 heterocycles. The van der Waals surface area contributed by atoms with Crippen LogP contribution in [0.4, 0.5) is 24.9 Å². The van der Waals surface area contributed by atoms with Crippen molar-refractivity contribution in [3.8, 4) is 11.1 Å². The van der Waals surface area contributed by atoms with Gasteiger partial charge in [0.15, 0.2) is 0 Å². The molecule has 1 saturated carbocycles. The van der Waals surface area contributed by atoms with E-state index in [0.717, 1.165) is 0 Å². The largest absolute Gasteiger partial charge is 0.391 e. The third kappa shape index (κ3) is 3.60. The number of benzene rings is 1. The summed E-state index contributed by atoms with van der Waals surface area (Å²) < 4.78 is 40.8. The first-order valence-corrected chi connectivity index (χ1v) is 9.94. The zero-order chi connectivity index (χ0) is 20.8.